The first kappa shape index (κ1) is 28.8. The zero-order chi connectivity index (χ0) is 28.4. The van der Waals surface area contributed by atoms with Gasteiger partial charge in [0.15, 0.2) is 4.80 Å². The van der Waals surface area contributed by atoms with Gasteiger partial charge in [-0.1, -0.05) is 78.4 Å². The fourth-order valence-electron chi connectivity index (χ4n) is 4.53. The normalized spacial score (nSPS) is 15.0. The largest absolute Gasteiger partial charge is 0.487 e. The molecular weight excluding hydrogens is 727 g/mol. The molecule has 1 aromatic heterocycles. The van der Waals surface area contributed by atoms with Gasteiger partial charge in [0.25, 0.3) is 5.56 Å². The molecule has 0 radical (unpaired) electrons. The van der Waals surface area contributed by atoms with Crippen molar-refractivity contribution < 1.29 is 14.3 Å². The van der Waals surface area contributed by atoms with E-state index in [1.54, 1.807) is 4.57 Å². The van der Waals surface area contributed by atoms with Crippen LogP contribution >= 0.6 is 61.5 Å². The van der Waals surface area contributed by atoms with Crippen LogP contribution in [0.2, 0.25) is 5.02 Å². The summed E-state index contributed by atoms with van der Waals surface area (Å²) < 4.78 is 14.9. The van der Waals surface area contributed by atoms with Crippen molar-refractivity contribution in [2.75, 3.05) is 7.11 Å². The number of halogens is 3. The van der Waals surface area contributed by atoms with E-state index in [0.717, 1.165) is 24.7 Å². The molecule has 0 saturated carbocycles. The number of fused-ring (bicyclic) bond motifs is 1. The Kier molecular flexibility index (Phi) is 8.94. The van der Waals surface area contributed by atoms with Gasteiger partial charge >= 0.3 is 5.97 Å². The predicted molar refractivity (Wildman–Crippen MR) is 169 cm³/mol. The van der Waals surface area contributed by atoms with Gasteiger partial charge in [-0.2, -0.15) is 0 Å². The molecule has 0 amide bonds. The number of thiazole rings is 1. The molecule has 0 fully saturated rings. The molecule has 0 bridgehead atoms. The second kappa shape index (κ2) is 12.4. The van der Waals surface area contributed by atoms with Gasteiger partial charge in [0.05, 0.1) is 37.0 Å². The lowest BCUT2D eigenvalue weighted by Crippen LogP contribution is -2.40. The molecule has 0 saturated heterocycles. The number of carbonyl (C=O) groups excluding carboxylic acids is 1. The Hall–Kier alpha value is -2.73. The second-order valence-electron chi connectivity index (χ2n) is 8.89. The highest BCUT2D eigenvalue weighted by atomic mass is 127. The fourth-order valence-corrected chi connectivity index (χ4v) is 7.51. The van der Waals surface area contributed by atoms with E-state index in [1.165, 1.54) is 18.4 Å². The Morgan fingerprint density at radius 3 is 2.58 bits per heavy atom. The zero-order valence-corrected chi connectivity index (χ0v) is 26.8. The number of benzene rings is 3. The van der Waals surface area contributed by atoms with Crippen LogP contribution in [0.5, 0.6) is 5.75 Å². The smallest absolute Gasteiger partial charge is 0.338 e. The monoisotopic (exact) mass is 748 g/mol. The first-order valence-corrected chi connectivity index (χ1v) is 15.4. The van der Waals surface area contributed by atoms with Crippen LogP contribution in [0.1, 0.15) is 36.1 Å². The Balaban J connectivity index is 1.57. The Morgan fingerprint density at radius 2 is 1.90 bits per heavy atom. The van der Waals surface area contributed by atoms with Crippen LogP contribution in [-0.2, 0) is 16.1 Å². The maximum absolute atomic E-state index is 13.8. The lowest BCUT2D eigenvalue weighted by atomic mass is 9.95. The second-order valence-corrected chi connectivity index (χ2v) is 12.3. The molecule has 0 aliphatic carbocycles. The van der Waals surface area contributed by atoms with Gasteiger partial charge in [0.1, 0.15) is 12.4 Å². The molecule has 2 heterocycles. The molecule has 6 nitrogen and oxygen atoms in total. The first-order chi connectivity index (χ1) is 19.3. The quantitative estimate of drug-likeness (QED) is 0.162. The molecule has 40 heavy (non-hydrogen) atoms. The lowest BCUT2D eigenvalue weighted by molar-refractivity contribution is -0.136. The van der Waals surface area contributed by atoms with Crippen molar-refractivity contribution in [1.82, 2.24) is 4.57 Å². The predicted octanol–water partition coefficient (Wildman–Crippen LogP) is 6.40. The van der Waals surface area contributed by atoms with Crippen molar-refractivity contribution in [3.8, 4) is 5.75 Å². The topological polar surface area (TPSA) is 69.9 Å². The lowest BCUT2D eigenvalue weighted by Gasteiger charge is -2.25. The van der Waals surface area contributed by atoms with Crippen LogP contribution in [0.3, 0.4) is 0 Å². The van der Waals surface area contributed by atoms with Gasteiger partial charge in [-0.25, -0.2) is 9.79 Å². The van der Waals surface area contributed by atoms with Gasteiger partial charge < -0.3 is 9.47 Å². The van der Waals surface area contributed by atoms with Crippen LogP contribution in [0.15, 0.2) is 92.3 Å². The third-order valence-electron chi connectivity index (χ3n) is 6.41. The number of aromatic nitrogens is 1. The van der Waals surface area contributed by atoms with Crippen molar-refractivity contribution in [2.24, 2.45) is 4.99 Å². The molecule has 0 N–H and O–H groups in total. The van der Waals surface area contributed by atoms with E-state index in [-0.39, 0.29) is 5.56 Å². The van der Waals surface area contributed by atoms with Crippen molar-refractivity contribution in [1.29, 1.82) is 0 Å². The van der Waals surface area contributed by atoms with E-state index < -0.39 is 12.0 Å². The molecule has 10 heteroatoms. The van der Waals surface area contributed by atoms with E-state index >= 15 is 0 Å². The molecule has 3 aromatic carbocycles. The third kappa shape index (κ3) is 5.70. The van der Waals surface area contributed by atoms with Crippen LogP contribution in [0.25, 0.3) is 6.08 Å². The average Bonchev–Trinajstić information content (AvgIpc) is 3.26. The molecular formula is C30H23BrClIN2O4S. The first-order valence-electron chi connectivity index (χ1n) is 12.4. The van der Waals surface area contributed by atoms with Gasteiger partial charge in [-0.05, 0) is 80.3 Å². The molecule has 5 rings (SSSR count). The van der Waals surface area contributed by atoms with E-state index in [2.05, 4.69) is 38.5 Å². The summed E-state index contributed by atoms with van der Waals surface area (Å²) >= 11 is 13.4. The van der Waals surface area contributed by atoms with E-state index in [4.69, 9.17) is 26.1 Å². The number of methoxy groups -OCH3 is 1. The van der Waals surface area contributed by atoms with Crippen molar-refractivity contribution >= 4 is 73.5 Å². The summed E-state index contributed by atoms with van der Waals surface area (Å²) in [6, 6.07) is 20.3. The summed E-state index contributed by atoms with van der Waals surface area (Å²) in [5, 5.41) is 0.649. The molecule has 0 spiro atoms. The summed E-state index contributed by atoms with van der Waals surface area (Å²) in [4.78, 5) is 32.0. The molecule has 1 atom stereocenters. The number of nitrogens with zero attached hydrogens (tertiary/aromatic N) is 2. The van der Waals surface area contributed by atoms with Crippen LogP contribution < -0.4 is 19.6 Å². The molecule has 204 valence electrons. The van der Waals surface area contributed by atoms with Crippen molar-refractivity contribution in [3.05, 3.63) is 127 Å². The number of ether oxygens (including phenoxy) is 2. The molecule has 1 aliphatic rings. The molecule has 0 unspecified atom stereocenters. The maximum atomic E-state index is 13.8. The molecule has 1 aliphatic heterocycles. The number of hydrogen-bond acceptors (Lipinski definition) is 6. The minimum atomic E-state index is -0.630. The Morgan fingerprint density at radius 1 is 1.18 bits per heavy atom. The number of carbonyl (C=O) groups is 1. The van der Waals surface area contributed by atoms with Crippen molar-refractivity contribution in [3.63, 3.8) is 0 Å². The number of rotatable bonds is 7. The highest BCUT2D eigenvalue weighted by Gasteiger charge is 2.33. The van der Waals surface area contributed by atoms with Crippen molar-refractivity contribution in [2.45, 2.75) is 26.0 Å². The van der Waals surface area contributed by atoms with E-state index in [0.29, 0.717) is 44.4 Å². The minimum absolute atomic E-state index is 0.223. The van der Waals surface area contributed by atoms with Gasteiger partial charge in [-0.15, -0.1) is 0 Å². The molecule has 4 aromatic rings. The number of esters is 1. The van der Waals surface area contributed by atoms with E-state index in [9.17, 15) is 9.59 Å². The van der Waals surface area contributed by atoms with Crippen LogP contribution in [0, 0.1) is 3.57 Å². The number of allylic oxidation sites excluding steroid dienone is 1. The third-order valence-corrected chi connectivity index (χ3v) is 9.16. The number of hydrogen-bond donors (Lipinski definition) is 0. The zero-order valence-electron chi connectivity index (χ0n) is 21.5. The summed E-state index contributed by atoms with van der Waals surface area (Å²) in [6.45, 7) is 2.26. The fraction of sp³-hybridized carbons (Fsp3) is 0.167. The standard InChI is InChI=1S/C30H23BrClIN2O4S/c1-3-23-25(29(37)38-2)26(18-9-5-4-6-10-18)35-28(36)24(40-30(35)34-23)15-17-13-20(31)27(22(33)14-17)39-16-19-11-7-8-12-21(19)32/h4-15,26H,3,16H2,1-2H3/b24-15-/t26-/m0/s1. The van der Waals surface area contributed by atoms with Gasteiger partial charge in [0.2, 0.25) is 0 Å². The highest BCUT2D eigenvalue weighted by Crippen LogP contribution is 2.34. The van der Waals surface area contributed by atoms with Crippen LogP contribution in [-0.4, -0.2) is 17.6 Å². The Labute approximate surface area is 261 Å². The SMILES string of the molecule is CCC1=C(C(=O)OC)[C@H](c2ccccc2)n2c(s/c(=C\c3cc(Br)c(OCc4ccccc4Cl)c(I)c3)c2=O)=N1. The Bertz CT molecular complexity index is 1790. The van der Waals surface area contributed by atoms with Gasteiger partial charge in [-0.3, -0.25) is 9.36 Å². The summed E-state index contributed by atoms with van der Waals surface area (Å²) in [6.07, 6.45) is 2.36. The maximum Gasteiger partial charge on any atom is 0.338 e. The minimum Gasteiger partial charge on any atom is -0.487 e. The summed E-state index contributed by atoms with van der Waals surface area (Å²) in [5.74, 6) is 0.202. The summed E-state index contributed by atoms with van der Waals surface area (Å²) in [5.41, 5.74) is 3.31. The van der Waals surface area contributed by atoms with Gasteiger partial charge in [0, 0.05) is 10.6 Å². The van der Waals surface area contributed by atoms with E-state index in [1.807, 2.05) is 79.7 Å². The summed E-state index contributed by atoms with van der Waals surface area (Å²) in [7, 11) is 1.34. The average molecular weight is 750 g/mol. The van der Waals surface area contributed by atoms with Crippen LogP contribution in [0.4, 0.5) is 0 Å². The highest BCUT2D eigenvalue weighted by molar-refractivity contribution is 14.1.